The summed E-state index contributed by atoms with van der Waals surface area (Å²) >= 11 is 5.99. The van der Waals surface area contributed by atoms with Crippen LogP contribution in [0.15, 0.2) is 35.2 Å². The third-order valence-corrected chi connectivity index (χ3v) is 4.79. The molecule has 5 nitrogen and oxygen atoms in total. The lowest BCUT2D eigenvalue weighted by atomic mass is 10.1. The lowest BCUT2D eigenvalue weighted by molar-refractivity contribution is 0.388. The molecule has 2 rings (SSSR count). The van der Waals surface area contributed by atoms with Gasteiger partial charge in [-0.05, 0) is 25.5 Å². The monoisotopic (exact) mass is 356 g/mol. The molecule has 0 N–H and O–H groups in total. The molecule has 124 valence electrons. The van der Waals surface area contributed by atoms with E-state index in [1.54, 1.807) is 19.1 Å². The molecule has 0 aromatic heterocycles. The Kier molecular flexibility index (Phi) is 5.06. The van der Waals surface area contributed by atoms with Crippen LogP contribution in [-0.4, -0.2) is 22.6 Å². The highest BCUT2D eigenvalue weighted by Crippen LogP contribution is 2.36. The summed E-state index contributed by atoms with van der Waals surface area (Å²) in [6, 6.07) is 7.88. The summed E-state index contributed by atoms with van der Waals surface area (Å²) in [5.74, 6) is 0.558. The smallest absolute Gasteiger partial charge is 0.343 e. The van der Waals surface area contributed by atoms with Gasteiger partial charge in [0.25, 0.3) is 0 Å². The Labute approximate surface area is 140 Å². The summed E-state index contributed by atoms with van der Waals surface area (Å²) in [7, 11) is -1.35. The minimum absolute atomic E-state index is 0.0839. The van der Waals surface area contributed by atoms with E-state index in [0.29, 0.717) is 5.56 Å². The molecule has 7 heteroatoms. The van der Waals surface area contributed by atoms with Crippen LogP contribution in [0.2, 0.25) is 5.02 Å². The first-order valence-electron chi connectivity index (χ1n) is 6.71. The summed E-state index contributed by atoms with van der Waals surface area (Å²) < 4.78 is 40.6. The van der Waals surface area contributed by atoms with E-state index in [0.717, 1.165) is 5.56 Å². The van der Waals surface area contributed by atoms with Crippen LogP contribution in [0, 0.1) is 13.8 Å². The third-order valence-electron chi connectivity index (χ3n) is 3.24. The Balaban J connectivity index is 2.50. The Hall–Kier alpha value is -1.92. The molecular weight excluding hydrogens is 340 g/mol. The lowest BCUT2D eigenvalue weighted by Crippen LogP contribution is -2.12. The largest absolute Gasteiger partial charge is 0.495 e. The number of methoxy groups -OCH3 is 2. The number of hydrogen-bond acceptors (Lipinski definition) is 5. The molecule has 2 aromatic rings. The predicted octanol–water partition coefficient (Wildman–Crippen LogP) is 3.74. The van der Waals surface area contributed by atoms with Crippen LogP contribution in [0.25, 0.3) is 0 Å². The SMILES string of the molecule is COc1cc(S(=O)(=O)Oc2ccc(C)cc2C)c(OC)cc1Cl. The average molecular weight is 357 g/mol. The summed E-state index contributed by atoms with van der Waals surface area (Å²) in [5.41, 5.74) is 1.73. The predicted molar refractivity (Wildman–Crippen MR) is 88.3 cm³/mol. The van der Waals surface area contributed by atoms with Crippen molar-refractivity contribution in [3.63, 3.8) is 0 Å². The van der Waals surface area contributed by atoms with Gasteiger partial charge in [0.1, 0.15) is 17.2 Å². The first kappa shape index (κ1) is 17.4. The molecule has 0 atom stereocenters. The molecule has 0 aliphatic rings. The maximum atomic E-state index is 12.6. The summed E-state index contributed by atoms with van der Waals surface area (Å²) in [5, 5.41) is 0.245. The van der Waals surface area contributed by atoms with E-state index in [1.807, 2.05) is 13.0 Å². The normalized spacial score (nSPS) is 11.2. The molecule has 0 heterocycles. The van der Waals surface area contributed by atoms with E-state index in [9.17, 15) is 8.42 Å². The Morgan fingerprint density at radius 3 is 2.13 bits per heavy atom. The maximum Gasteiger partial charge on any atom is 0.343 e. The van der Waals surface area contributed by atoms with Gasteiger partial charge in [-0.15, -0.1) is 0 Å². The molecule has 0 amide bonds. The zero-order valence-corrected chi connectivity index (χ0v) is 14.8. The second kappa shape index (κ2) is 6.68. The van der Waals surface area contributed by atoms with E-state index >= 15 is 0 Å². The highest BCUT2D eigenvalue weighted by Gasteiger charge is 2.25. The molecule has 0 unspecified atom stereocenters. The van der Waals surface area contributed by atoms with Crippen molar-refractivity contribution >= 4 is 21.7 Å². The summed E-state index contributed by atoms with van der Waals surface area (Å²) in [4.78, 5) is -0.152. The standard InChI is InChI=1S/C16H17ClO5S/c1-10-5-6-13(11(2)7-10)22-23(18,19)16-9-14(20-3)12(17)8-15(16)21-4/h5-9H,1-4H3. The van der Waals surface area contributed by atoms with Crippen molar-refractivity contribution in [1.82, 2.24) is 0 Å². The first-order valence-corrected chi connectivity index (χ1v) is 8.50. The molecule has 0 aliphatic carbocycles. The third kappa shape index (κ3) is 3.71. The highest BCUT2D eigenvalue weighted by molar-refractivity contribution is 7.87. The van der Waals surface area contributed by atoms with Gasteiger partial charge in [0, 0.05) is 12.1 Å². The van der Waals surface area contributed by atoms with Gasteiger partial charge in [-0.3, -0.25) is 0 Å². The van der Waals surface area contributed by atoms with Crippen molar-refractivity contribution in [2.24, 2.45) is 0 Å². The number of rotatable bonds is 5. The lowest BCUT2D eigenvalue weighted by Gasteiger charge is -2.14. The minimum Gasteiger partial charge on any atom is -0.495 e. The number of aryl methyl sites for hydroxylation is 2. The van der Waals surface area contributed by atoms with Crippen molar-refractivity contribution in [3.8, 4) is 17.2 Å². The van der Waals surface area contributed by atoms with Crippen LogP contribution < -0.4 is 13.7 Å². The fourth-order valence-corrected chi connectivity index (χ4v) is 3.47. The van der Waals surface area contributed by atoms with E-state index in [2.05, 4.69) is 0 Å². The second-order valence-electron chi connectivity index (χ2n) is 4.94. The van der Waals surface area contributed by atoms with Crippen LogP contribution in [0.1, 0.15) is 11.1 Å². The van der Waals surface area contributed by atoms with Crippen molar-refractivity contribution < 1.29 is 22.1 Å². The molecule has 23 heavy (non-hydrogen) atoms. The van der Waals surface area contributed by atoms with Crippen LogP contribution in [-0.2, 0) is 10.1 Å². The molecule has 0 spiro atoms. The number of benzene rings is 2. The van der Waals surface area contributed by atoms with Gasteiger partial charge in [-0.1, -0.05) is 29.3 Å². The van der Waals surface area contributed by atoms with Gasteiger partial charge in [0.2, 0.25) is 0 Å². The molecule has 0 bridgehead atoms. The minimum atomic E-state index is -4.10. The zero-order valence-electron chi connectivity index (χ0n) is 13.2. The quantitative estimate of drug-likeness (QED) is 0.764. The molecule has 0 aliphatic heterocycles. The molecule has 0 saturated heterocycles. The van der Waals surface area contributed by atoms with Crippen molar-refractivity contribution in [2.75, 3.05) is 14.2 Å². The van der Waals surface area contributed by atoms with E-state index in [-0.39, 0.29) is 27.2 Å². The van der Waals surface area contributed by atoms with E-state index < -0.39 is 10.1 Å². The summed E-state index contributed by atoms with van der Waals surface area (Å²) in [6.45, 7) is 3.69. The van der Waals surface area contributed by atoms with Gasteiger partial charge in [-0.2, -0.15) is 8.42 Å². The van der Waals surface area contributed by atoms with E-state index in [1.165, 1.54) is 26.4 Å². The van der Waals surface area contributed by atoms with E-state index in [4.69, 9.17) is 25.3 Å². The number of halogens is 1. The fraction of sp³-hybridized carbons (Fsp3) is 0.250. The van der Waals surface area contributed by atoms with Gasteiger partial charge >= 0.3 is 10.1 Å². The van der Waals surface area contributed by atoms with Crippen molar-refractivity contribution in [1.29, 1.82) is 0 Å². The van der Waals surface area contributed by atoms with Crippen LogP contribution in [0.4, 0.5) is 0 Å². The van der Waals surface area contributed by atoms with Crippen molar-refractivity contribution in [2.45, 2.75) is 18.7 Å². The van der Waals surface area contributed by atoms with Crippen LogP contribution >= 0.6 is 11.6 Å². The summed E-state index contributed by atoms with van der Waals surface area (Å²) in [6.07, 6.45) is 0. The van der Waals surface area contributed by atoms with Crippen LogP contribution in [0.5, 0.6) is 17.2 Å². The maximum absolute atomic E-state index is 12.6. The second-order valence-corrected chi connectivity index (χ2v) is 6.87. The Morgan fingerprint density at radius 2 is 1.57 bits per heavy atom. The zero-order chi connectivity index (χ0) is 17.2. The topological polar surface area (TPSA) is 61.8 Å². The molecule has 0 fully saturated rings. The molecule has 0 radical (unpaired) electrons. The number of hydrogen-bond donors (Lipinski definition) is 0. The van der Waals surface area contributed by atoms with Crippen LogP contribution in [0.3, 0.4) is 0 Å². The highest BCUT2D eigenvalue weighted by atomic mass is 35.5. The van der Waals surface area contributed by atoms with Gasteiger partial charge < -0.3 is 13.7 Å². The van der Waals surface area contributed by atoms with Gasteiger partial charge in [0.15, 0.2) is 4.90 Å². The van der Waals surface area contributed by atoms with Crippen molar-refractivity contribution in [3.05, 3.63) is 46.5 Å². The number of ether oxygens (including phenoxy) is 2. The first-order chi connectivity index (χ1) is 10.8. The molecule has 2 aromatic carbocycles. The Morgan fingerprint density at radius 1 is 0.913 bits per heavy atom. The van der Waals surface area contributed by atoms with Gasteiger partial charge in [0.05, 0.1) is 19.2 Å². The fourth-order valence-electron chi connectivity index (χ4n) is 2.08. The molecule has 0 saturated carbocycles. The average Bonchev–Trinajstić information content (AvgIpc) is 2.49. The molecular formula is C16H17ClO5S. The Bertz CT molecular complexity index is 831. The van der Waals surface area contributed by atoms with Gasteiger partial charge in [-0.25, -0.2) is 0 Å².